The van der Waals surface area contributed by atoms with E-state index < -0.39 is 76.2 Å². The third kappa shape index (κ3) is 4.70. The summed E-state index contributed by atoms with van der Waals surface area (Å²) >= 11 is 0. The maximum absolute atomic E-state index is 14.9. The predicted molar refractivity (Wildman–Crippen MR) is 111 cm³/mol. The standard InChI is InChI=1S/C23H21F4NO5/c1-23(2,3)20(9-29)28-8-13(22(31)32)21(30)12-6-19(17(27)7-18(12)28)33-10-14-15(25)4-11(24)5-16(14)26/h4-8,20,29H,9-10H2,1-3H3,(H,31,32)/t20-/m1/s1. The van der Waals surface area contributed by atoms with Gasteiger partial charge in [0.05, 0.1) is 29.1 Å². The fourth-order valence-electron chi connectivity index (χ4n) is 3.51. The molecular weight excluding hydrogens is 446 g/mol. The summed E-state index contributed by atoms with van der Waals surface area (Å²) < 4.78 is 62.2. The number of aromatic nitrogens is 1. The number of ether oxygens (including phenoxy) is 1. The highest BCUT2D eigenvalue weighted by atomic mass is 19.1. The molecule has 2 N–H and O–H groups in total. The van der Waals surface area contributed by atoms with E-state index >= 15 is 0 Å². The summed E-state index contributed by atoms with van der Waals surface area (Å²) in [6, 6.07) is 2.03. The molecule has 1 aromatic heterocycles. The molecule has 0 bridgehead atoms. The van der Waals surface area contributed by atoms with Gasteiger partial charge in [0, 0.05) is 24.4 Å². The molecule has 1 heterocycles. The minimum absolute atomic E-state index is 0.00275. The molecule has 0 saturated heterocycles. The first-order chi connectivity index (χ1) is 15.3. The Kier molecular flexibility index (Phi) is 6.51. The lowest BCUT2D eigenvalue weighted by molar-refractivity contribution is 0.0692. The third-order valence-electron chi connectivity index (χ3n) is 5.30. The van der Waals surface area contributed by atoms with Gasteiger partial charge in [-0.2, -0.15) is 0 Å². The predicted octanol–water partition coefficient (Wildman–Crippen LogP) is 4.41. The van der Waals surface area contributed by atoms with Gasteiger partial charge in [-0.3, -0.25) is 4.79 Å². The summed E-state index contributed by atoms with van der Waals surface area (Å²) in [7, 11) is 0. The van der Waals surface area contributed by atoms with Crippen molar-refractivity contribution in [3.05, 3.63) is 75.1 Å². The van der Waals surface area contributed by atoms with Gasteiger partial charge in [0.2, 0.25) is 5.43 Å². The minimum atomic E-state index is -1.52. The number of carboxylic acid groups (broad SMARTS) is 1. The van der Waals surface area contributed by atoms with Crippen LogP contribution in [-0.2, 0) is 6.61 Å². The van der Waals surface area contributed by atoms with Crippen LogP contribution in [0.15, 0.2) is 35.3 Å². The second kappa shape index (κ2) is 8.86. The van der Waals surface area contributed by atoms with E-state index in [-0.39, 0.29) is 10.9 Å². The monoisotopic (exact) mass is 467 g/mol. The molecule has 176 valence electrons. The van der Waals surface area contributed by atoms with E-state index in [1.807, 2.05) is 0 Å². The van der Waals surface area contributed by atoms with Gasteiger partial charge in [0.15, 0.2) is 11.6 Å². The van der Waals surface area contributed by atoms with Gasteiger partial charge in [0.25, 0.3) is 0 Å². The molecule has 6 nitrogen and oxygen atoms in total. The molecule has 33 heavy (non-hydrogen) atoms. The highest BCUT2D eigenvalue weighted by Crippen LogP contribution is 2.34. The maximum Gasteiger partial charge on any atom is 0.341 e. The topological polar surface area (TPSA) is 88.8 Å². The maximum atomic E-state index is 14.9. The Morgan fingerprint density at radius 2 is 1.67 bits per heavy atom. The largest absolute Gasteiger partial charge is 0.486 e. The Balaban J connectivity index is 2.17. The van der Waals surface area contributed by atoms with Crippen LogP contribution in [0.4, 0.5) is 17.6 Å². The number of rotatable bonds is 6. The number of aliphatic hydroxyl groups excluding tert-OH is 1. The Bertz CT molecular complexity index is 1270. The Morgan fingerprint density at radius 1 is 1.06 bits per heavy atom. The first-order valence-electron chi connectivity index (χ1n) is 9.84. The normalized spacial score (nSPS) is 12.7. The van der Waals surface area contributed by atoms with Crippen molar-refractivity contribution in [2.45, 2.75) is 33.4 Å². The zero-order valence-electron chi connectivity index (χ0n) is 18.0. The Hall–Kier alpha value is -3.40. The van der Waals surface area contributed by atoms with Crippen molar-refractivity contribution < 1.29 is 37.3 Å². The van der Waals surface area contributed by atoms with Gasteiger partial charge < -0.3 is 19.5 Å². The first kappa shape index (κ1) is 24.2. The third-order valence-corrected chi connectivity index (χ3v) is 5.30. The molecule has 0 aliphatic carbocycles. The van der Waals surface area contributed by atoms with Crippen LogP contribution in [0.25, 0.3) is 10.9 Å². The molecule has 0 fully saturated rings. The number of fused-ring (bicyclic) bond motifs is 1. The number of benzene rings is 2. The minimum Gasteiger partial charge on any atom is -0.486 e. The van der Waals surface area contributed by atoms with Crippen LogP contribution in [0.2, 0.25) is 0 Å². The van der Waals surface area contributed by atoms with E-state index in [0.717, 1.165) is 18.3 Å². The van der Waals surface area contributed by atoms with E-state index in [9.17, 15) is 37.4 Å². The zero-order valence-corrected chi connectivity index (χ0v) is 18.0. The highest BCUT2D eigenvalue weighted by Gasteiger charge is 2.29. The van der Waals surface area contributed by atoms with E-state index in [2.05, 4.69) is 0 Å². The zero-order chi connectivity index (χ0) is 24.7. The van der Waals surface area contributed by atoms with Gasteiger partial charge in [0.1, 0.15) is 29.6 Å². The molecule has 2 aromatic carbocycles. The van der Waals surface area contributed by atoms with Crippen molar-refractivity contribution >= 4 is 16.9 Å². The number of nitrogens with zero attached hydrogens (tertiary/aromatic N) is 1. The number of aliphatic hydroxyl groups is 1. The van der Waals surface area contributed by atoms with Crippen LogP contribution < -0.4 is 10.2 Å². The van der Waals surface area contributed by atoms with Gasteiger partial charge in [-0.1, -0.05) is 20.8 Å². The summed E-state index contributed by atoms with van der Waals surface area (Å²) in [6.07, 6.45) is 1.04. The number of hydrogen-bond acceptors (Lipinski definition) is 4. The van der Waals surface area contributed by atoms with Crippen molar-refractivity contribution in [3.63, 3.8) is 0 Å². The number of carboxylic acids is 1. The molecule has 0 aliphatic rings. The van der Waals surface area contributed by atoms with Crippen molar-refractivity contribution in [2.75, 3.05) is 6.61 Å². The second-order valence-corrected chi connectivity index (χ2v) is 8.59. The van der Waals surface area contributed by atoms with E-state index in [1.54, 1.807) is 20.8 Å². The molecular formula is C23H21F4NO5. The highest BCUT2D eigenvalue weighted by molar-refractivity contribution is 5.93. The summed E-state index contributed by atoms with van der Waals surface area (Å²) in [4.78, 5) is 24.4. The van der Waals surface area contributed by atoms with Crippen molar-refractivity contribution in [2.24, 2.45) is 5.41 Å². The summed E-state index contributed by atoms with van der Waals surface area (Å²) in [5.74, 6) is -6.69. The summed E-state index contributed by atoms with van der Waals surface area (Å²) in [5.41, 5.74) is -2.79. The number of carbonyl (C=O) groups is 1. The summed E-state index contributed by atoms with van der Waals surface area (Å²) in [5, 5.41) is 19.2. The van der Waals surface area contributed by atoms with Crippen LogP contribution in [0.1, 0.15) is 42.7 Å². The van der Waals surface area contributed by atoms with Crippen LogP contribution in [0, 0.1) is 28.7 Å². The lowest BCUT2D eigenvalue weighted by Crippen LogP contribution is -2.30. The van der Waals surface area contributed by atoms with Gasteiger partial charge >= 0.3 is 5.97 Å². The van der Waals surface area contributed by atoms with Gasteiger partial charge in [-0.25, -0.2) is 22.4 Å². The average molecular weight is 467 g/mol. The number of halogens is 4. The molecule has 1 atom stereocenters. The van der Waals surface area contributed by atoms with Crippen molar-refractivity contribution in [3.8, 4) is 5.75 Å². The molecule has 0 aliphatic heterocycles. The number of pyridine rings is 1. The van der Waals surface area contributed by atoms with Crippen molar-refractivity contribution in [1.29, 1.82) is 0 Å². The van der Waals surface area contributed by atoms with E-state index in [0.29, 0.717) is 12.1 Å². The quantitative estimate of drug-likeness (QED) is 0.524. The molecule has 0 unspecified atom stereocenters. The molecule has 0 spiro atoms. The number of hydrogen-bond donors (Lipinski definition) is 2. The van der Waals surface area contributed by atoms with E-state index in [4.69, 9.17) is 4.74 Å². The SMILES string of the molecule is CC(C)(C)[C@@H](CO)n1cc(C(=O)O)c(=O)c2cc(OCc3c(F)cc(F)cc3F)c(F)cc21. The van der Waals surface area contributed by atoms with Crippen LogP contribution in [-0.4, -0.2) is 27.4 Å². The van der Waals surface area contributed by atoms with Crippen LogP contribution in [0.3, 0.4) is 0 Å². The molecule has 10 heteroatoms. The fraction of sp³-hybridized carbons (Fsp3) is 0.304. The molecule has 0 amide bonds. The average Bonchev–Trinajstić information content (AvgIpc) is 2.68. The smallest absolute Gasteiger partial charge is 0.341 e. The fourth-order valence-corrected chi connectivity index (χ4v) is 3.51. The Labute approximate surface area is 185 Å². The first-order valence-corrected chi connectivity index (χ1v) is 9.84. The lowest BCUT2D eigenvalue weighted by atomic mass is 9.86. The second-order valence-electron chi connectivity index (χ2n) is 8.59. The Morgan fingerprint density at radius 3 is 2.18 bits per heavy atom. The molecule has 0 radical (unpaired) electrons. The molecule has 0 saturated carbocycles. The molecule has 3 rings (SSSR count). The van der Waals surface area contributed by atoms with Crippen LogP contribution in [0.5, 0.6) is 5.75 Å². The number of aromatic carboxylic acids is 1. The summed E-state index contributed by atoms with van der Waals surface area (Å²) in [6.45, 7) is 4.09. The molecule has 3 aromatic rings. The lowest BCUT2D eigenvalue weighted by Gasteiger charge is -2.32. The van der Waals surface area contributed by atoms with Crippen molar-refractivity contribution in [1.82, 2.24) is 4.57 Å². The van der Waals surface area contributed by atoms with Gasteiger partial charge in [-0.05, 0) is 11.5 Å². The van der Waals surface area contributed by atoms with Gasteiger partial charge in [-0.15, -0.1) is 0 Å². The van der Waals surface area contributed by atoms with E-state index in [1.165, 1.54) is 4.57 Å². The van der Waals surface area contributed by atoms with Crippen LogP contribution >= 0.6 is 0 Å².